The fraction of sp³-hybridized carbons (Fsp3) is 0.556. The van der Waals surface area contributed by atoms with Crippen molar-refractivity contribution in [2.24, 2.45) is 5.92 Å². The summed E-state index contributed by atoms with van der Waals surface area (Å²) in [6.07, 6.45) is -3.56. The Morgan fingerprint density at radius 2 is 1.79 bits per heavy atom. The number of rotatable bonds is 6. The van der Waals surface area contributed by atoms with Gasteiger partial charge in [-0.1, -0.05) is 12.1 Å². The predicted molar refractivity (Wildman–Crippen MR) is 99.2 cm³/mol. The summed E-state index contributed by atoms with van der Waals surface area (Å²) in [7, 11) is -4.55. The maximum Gasteiger partial charge on any atom is 0.417 e. The number of hydrogen-bond acceptors (Lipinski definition) is 4. The van der Waals surface area contributed by atoms with E-state index in [0.717, 1.165) is 12.1 Å². The SMILES string of the molecule is CC(=O)NCC1CCN(C(=O)[C@H](C)NS(=O)(=O)c2ccccc2C(F)(F)F)CC1. The van der Waals surface area contributed by atoms with Crippen LogP contribution in [0.25, 0.3) is 0 Å². The Bertz CT molecular complexity index is 850. The highest BCUT2D eigenvalue weighted by molar-refractivity contribution is 7.89. The summed E-state index contributed by atoms with van der Waals surface area (Å²) in [5.74, 6) is -0.421. The molecule has 1 saturated heterocycles. The number of hydrogen-bond donors (Lipinski definition) is 2. The van der Waals surface area contributed by atoms with Crippen LogP contribution in [0.1, 0.15) is 32.3 Å². The van der Waals surface area contributed by atoms with Gasteiger partial charge in [-0.05, 0) is 37.8 Å². The number of carbonyl (C=O) groups is 2. The van der Waals surface area contributed by atoms with Crippen molar-refractivity contribution < 1.29 is 31.2 Å². The van der Waals surface area contributed by atoms with E-state index in [9.17, 15) is 31.2 Å². The molecule has 162 valence electrons. The second kappa shape index (κ2) is 9.12. The highest BCUT2D eigenvalue weighted by Gasteiger charge is 2.38. The van der Waals surface area contributed by atoms with E-state index >= 15 is 0 Å². The van der Waals surface area contributed by atoms with Gasteiger partial charge in [-0.3, -0.25) is 9.59 Å². The number of benzene rings is 1. The van der Waals surface area contributed by atoms with Crippen molar-refractivity contribution >= 4 is 21.8 Å². The first-order valence-electron chi connectivity index (χ1n) is 9.13. The summed E-state index contributed by atoms with van der Waals surface area (Å²) >= 11 is 0. The Kier molecular flexibility index (Phi) is 7.28. The van der Waals surface area contributed by atoms with Crippen molar-refractivity contribution in [2.75, 3.05) is 19.6 Å². The van der Waals surface area contributed by atoms with Gasteiger partial charge in [-0.2, -0.15) is 17.9 Å². The van der Waals surface area contributed by atoms with Crippen molar-refractivity contribution in [3.05, 3.63) is 29.8 Å². The third kappa shape index (κ3) is 6.17. The third-order valence-corrected chi connectivity index (χ3v) is 6.35. The average molecular weight is 435 g/mol. The molecule has 1 fully saturated rings. The molecule has 2 amide bonds. The molecule has 29 heavy (non-hydrogen) atoms. The highest BCUT2D eigenvalue weighted by atomic mass is 32.2. The van der Waals surface area contributed by atoms with Crippen LogP contribution in [0.3, 0.4) is 0 Å². The molecule has 11 heteroatoms. The maximum atomic E-state index is 13.1. The number of sulfonamides is 1. The van der Waals surface area contributed by atoms with E-state index in [2.05, 4.69) is 10.0 Å². The largest absolute Gasteiger partial charge is 0.417 e. The van der Waals surface area contributed by atoms with Gasteiger partial charge in [0.05, 0.1) is 16.5 Å². The van der Waals surface area contributed by atoms with Gasteiger partial charge in [0.25, 0.3) is 0 Å². The van der Waals surface area contributed by atoms with Crippen LogP contribution in [0.2, 0.25) is 0 Å². The molecule has 0 radical (unpaired) electrons. The molecule has 1 aromatic carbocycles. The topological polar surface area (TPSA) is 95.6 Å². The van der Waals surface area contributed by atoms with Crippen molar-refractivity contribution in [3.8, 4) is 0 Å². The molecule has 1 aliphatic rings. The molecule has 1 aliphatic heterocycles. The third-order valence-electron chi connectivity index (χ3n) is 4.75. The molecule has 0 aromatic heterocycles. The van der Waals surface area contributed by atoms with E-state index in [1.165, 1.54) is 24.8 Å². The van der Waals surface area contributed by atoms with Gasteiger partial charge in [0.2, 0.25) is 21.8 Å². The Labute approximate surface area is 167 Å². The Hall–Kier alpha value is -2.14. The lowest BCUT2D eigenvalue weighted by atomic mass is 9.96. The van der Waals surface area contributed by atoms with E-state index < -0.39 is 38.6 Å². The number of alkyl halides is 3. The smallest absolute Gasteiger partial charge is 0.356 e. The molecule has 0 aliphatic carbocycles. The fourth-order valence-corrected chi connectivity index (χ4v) is 4.63. The number of nitrogens with one attached hydrogen (secondary N) is 2. The van der Waals surface area contributed by atoms with Crippen molar-refractivity contribution in [1.82, 2.24) is 14.9 Å². The molecular formula is C18H24F3N3O4S. The minimum Gasteiger partial charge on any atom is -0.356 e. The number of halogens is 3. The zero-order chi connectivity index (χ0) is 21.8. The standard InChI is InChI=1S/C18H24F3N3O4S/c1-12(17(26)24-9-7-14(8-10-24)11-22-13(2)25)23-29(27,28)16-6-4-3-5-15(16)18(19,20)21/h3-6,12,14,23H,7-11H2,1-2H3,(H,22,25)/t12-/m0/s1. The summed E-state index contributed by atoms with van der Waals surface area (Å²) in [6.45, 7) is 4.00. The summed E-state index contributed by atoms with van der Waals surface area (Å²) in [5.41, 5.74) is -1.29. The van der Waals surface area contributed by atoms with Crippen LogP contribution in [-0.2, 0) is 25.8 Å². The number of carbonyl (C=O) groups excluding carboxylic acids is 2. The second-order valence-corrected chi connectivity index (χ2v) is 8.73. The molecule has 2 N–H and O–H groups in total. The van der Waals surface area contributed by atoms with Crippen molar-refractivity contribution in [2.45, 2.75) is 43.8 Å². The molecule has 0 spiro atoms. The second-order valence-electron chi connectivity index (χ2n) is 7.04. The highest BCUT2D eigenvalue weighted by Crippen LogP contribution is 2.34. The van der Waals surface area contributed by atoms with Gasteiger partial charge in [-0.25, -0.2) is 8.42 Å². The van der Waals surface area contributed by atoms with E-state index in [1.54, 1.807) is 0 Å². The van der Waals surface area contributed by atoms with Crippen LogP contribution in [0.5, 0.6) is 0 Å². The molecule has 7 nitrogen and oxygen atoms in total. The lowest BCUT2D eigenvalue weighted by Crippen LogP contribution is -2.50. The van der Waals surface area contributed by atoms with Crippen LogP contribution in [0.4, 0.5) is 13.2 Å². The lowest BCUT2D eigenvalue weighted by Gasteiger charge is -2.33. The first kappa shape index (κ1) is 23.1. The molecular weight excluding hydrogens is 411 g/mol. The van der Waals surface area contributed by atoms with Gasteiger partial charge < -0.3 is 10.2 Å². The quantitative estimate of drug-likeness (QED) is 0.712. The average Bonchev–Trinajstić information content (AvgIpc) is 2.65. The van der Waals surface area contributed by atoms with Crippen LogP contribution < -0.4 is 10.0 Å². The van der Waals surface area contributed by atoms with Gasteiger partial charge in [0.1, 0.15) is 0 Å². The summed E-state index contributed by atoms with van der Waals surface area (Å²) in [5, 5.41) is 2.72. The van der Waals surface area contributed by atoms with Crippen molar-refractivity contribution in [1.29, 1.82) is 0 Å². The molecule has 1 atom stereocenters. The normalized spacial score (nSPS) is 17.1. The summed E-state index contributed by atoms with van der Waals surface area (Å²) in [4.78, 5) is 24.1. The van der Waals surface area contributed by atoms with Gasteiger partial charge in [0.15, 0.2) is 0 Å². The Morgan fingerprint density at radius 1 is 1.21 bits per heavy atom. The minimum atomic E-state index is -4.84. The molecule has 0 bridgehead atoms. The molecule has 1 aromatic rings. The first-order chi connectivity index (χ1) is 13.4. The molecule has 0 saturated carbocycles. The number of amides is 2. The first-order valence-corrected chi connectivity index (χ1v) is 10.6. The Morgan fingerprint density at radius 3 is 2.34 bits per heavy atom. The van der Waals surface area contributed by atoms with Crippen LogP contribution in [0, 0.1) is 5.92 Å². The molecule has 0 unspecified atom stereocenters. The van der Waals surface area contributed by atoms with Gasteiger partial charge in [0, 0.05) is 26.6 Å². The maximum absolute atomic E-state index is 13.1. The number of nitrogens with zero attached hydrogens (tertiary/aromatic N) is 1. The van der Waals surface area contributed by atoms with E-state index in [-0.39, 0.29) is 11.8 Å². The van der Waals surface area contributed by atoms with E-state index in [0.29, 0.717) is 38.5 Å². The lowest BCUT2D eigenvalue weighted by molar-refractivity contribution is -0.139. The Balaban J connectivity index is 2.02. The minimum absolute atomic E-state index is 0.134. The summed E-state index contributed by atoms with van der Waals surface area (Å²) < 4.78 is 66.4. The van der Waals surface area contributed by atoms with Crippen LogP contribution in [-0.4, -0.2) is 50.8 Å². The van der Waals surface area contributed by atoms with Crippen LogP contribution >= 0.6 is 0 Å². The predicted octanol–water partition coefficient (Wildman–Crippen LogP) is 1.75. The zero-order valence-electron chi connectivity index (χ0n) is 16.1. The van der Waals surface area contributed by atoms with E-state index in [1.807, 2.05) is 0 Å². The van der Waals surface area contributed by atoms with E-state index in [4.69, 9.17) is 0 Å². The summed E-state index contributed by atoms with van der Waals surface area (Å²) in [6, 6.07) is 2.61. The van der Waals surface area contributed by atoms with Gasteiger partial charge in [-0.15, -0.1) is 0 Å². The molecule has 1 heterocycles. The fourth-order valence-electron chi connectivity index (χ4n) is 3.20. The monoisotopic (exact) mass is 435 g/mol. The zero-order valence-corrected chi connectivity index (χ0v) is 16.9. The van der Waals surface area contributed by atoms with Crippen LogP contribution in [0.15, 0.2) is 29.2 Å². The number of piperidine rings is 1. The number of likely N-dealkylation sites (tertiary alicyclic amines) is 1. The molecule has 2 rings (SSSR count). The van der Waals surface area contributed by atoms with Gasteiger partial charge >= 0.3 is 6.18 Å². The van der Waals surface area contributed by atoms with Crippen molar-refractivity contribution in [3.63, 3.8) is 0 Å².